The van der Waals surface area contributed by atoms with Crippen LogP contribution in [0.25, 0.3) is 10.9 Å². The number of aromatic nitrogens is 1. The first-order chi connectivity index (χ1) is 10.4. The van der Waals surface area contributed by atoms with Gasteiger partial charge in [0.1, 0.15) is 0 Å². The van der Waals surface area contributed by atoms with Crippen molar-refractivity contribution < 1.29 is 0 Å². The van der Waals surface area contributed by atoms with Crippen molar-refractivity contribution in [3.05, 3.63) is 71.9 Å². The molecule has 1 aliphatic rings. The summed E-state index contributed by atoms with van der Waals surface area (Å²) < 4.78 is 0. The summed E-state index contributed by atoms with van der Waals surface area (Å²) in [6, 6.07) is 21.1. The molecule has 1 aliphatic heterocycles. The van der Waals surface area contributed by atoms with Crippen LogP contribution < -0.4 is 5.32 Å². The van der Waals surface area contributed by atoms with Gasteiger partial charge in [-0.2, -0.15) is 0 Å². The number of pyridine rings is 1. The van der Waals surface area contributed by atoms with E-state index in [2.05, 4.69) is 59.9 Å². The van der Waals surface area contributed by atoms with Crippen molar-refractivity contribution in [2.24, 2.45) is 0 Å². The Kier molecular flexibility index (Phi) is 3.28. The third-order valence-electron chi connectivity index (χ3n) is 3.81. The molecule has 0 spiro atoms. The first-order valence-corrected chi connectivity index (χ1v) is 8.27. The van der Waals surface area contributed by atoms with Crippen LogP contribution in [0.2, 0.25) is 0 Å². The van der Waals surface area contributed by atoms with Gasteiger partial charge >= 0.3 is 0 Å². The average molecular weight is 292 g/mol. The first-order valence-electron chi connectivity index (χ1n) is 7.22. The molecule has 3 heteroatoms. The summed E-state index contributed by atoms with van der Waals surface area (Å²) in [4.78, 5) is 4.85. The van der Waals surface area contributed by atoms with E-state index in [9.17, 15) is 0 Å². The van der Waals surface area contributed by atoms with Crippen molar-refractivity contribution >= 4 is 28.4 Å². The van der Waals surface area contributed by atoms with Gasteiger partial charge < -0.3 is 5.32 Å². The summed E-state index contributed by atoms with van der Waals surface area (Å²) in [7, 11) is 0. The Balaban J connectivity index is 1.74. The van der Waals surface area contributed by atoms with E-state index in [0.29, 0.717) is 0 Å². The second kappa shape index (κ2) is 5.41. The minimum Gasteiger partial charge on any atom is -0.369 e. The molecule has 104 valence electrons. The number of fused-ring (bicyclic) bond motifs is 2. The predicted molar refractivity (Wildman–Crippen MR) is 90.7 cm³/mol. The van der Waals surface area contributed by atoms with Crippen LogP contribution in [0.1, 0.15) is 16.6 Å². The molecule has 0 saturated carbocycles. The molecule has 0 bridgehead atoms. The zero-order valence-electron chi connectivity index (χ0n) is 11.6. The number of hydrogen-bond acceptors (Lipinski definition) is 3. The molecule has 0 fully saturated rings. The monoisotopic (exact) mass is 292 g/mol. The molecule has 3 aromatic rings. The molecule has 2 aromatic carbocycles. The van der Waals surface area contributed by atoms with Crippen molar-refractivity contribution in [1.29, 1.82) is 0 Å². The highest BCUT2D eigenvalue weighted by molar-refractivity contribution is 7.99. The van der Waals surface area contributed by atoms with Gasteiger partial charge in [-0.1, -0.05) is 36.4 Å². The molecule has 0 saturated heterocycles. The maximum atomic E-state index is 4.85. The lowest BCUT2D eigenvalue weighted by atomic mass is 10.1. The smallest absolute Gasteiger partial charge is 0.0997 e. The van der Waals surface area contributed by atoms with E-state index in [1.165, 1.54) is 16.6 Å². The van der Waals surface area contributed by atoms with Gasteiger partial charge in [0.05, 0.1) is 10.9 Å². The molecule has 0 aliphatic carbocycles. The Morgan fingerprint density at radius 1 is 1.00 bits per heavy atom. The van der Waals surface area contributed by atoms with Gasteiger partial charge in [-0.3, -0.25) is 4.98 Å². The third-order valence-corrected chi connectivity index (χ3v) is 4.96. The summed E-state index contributed by atoms with van der Waals surface area (Å²) in [5, 5.41) is 5.13. The summed E-state index contributed by atoms with van der Waals surface area (Å²) in [5.41, 5.74) is 4.83. The van der Waals surface area contributed by atoms with E-state index < -0.39 is 0 Å². The Morgan fingerprint density at radius 2 is 1.81 bits per heavy atom. The zero-order valence-corrected chi connectivity index (χ0v) is 12.4. The van der Waals surface area contributed by atoms with E-state index in [1.807, 2.05) is 17.8 Å². The number of hydrogen-bond donors (Lipinski definition) is 1. The minimum atomic E-state index is 0.285. The van der Waals surface area contributed by atoms with Crippen LogP contribution in [0.3, 0.4) is 0 Å². The van der Waals surface area contributed by atoms with Crippen LogP contribution in [0.15, 0.2) is 60.7 Å². The number of anilines is 1. The second-order valence-corrected chi connectivity index (χ2v) is 6.44. The number of aryl methyl sites for hydroxylation is 1. The zero-order chi connectivity index (χ0) is 14.1. The summed E-state index contributed by atoms with van der Waals surface area (Å²) in [6.07, 6.45) is 1.05. The van der Waals surface area contributed by atoms with Crippen LogP contribution in [0.4, 0.5) is 5.69 Å². The molecular weight excluding hydrogens is 276 g/mol. The topological polar surface area (TPSA) is 24.9 Å². The normalized spacial score (nSPS) is 17.4. The molecule has 2 nitrogen and oxygen atoms in total. The summed E-state index contributed by atoms with van der Waals surface area (Å²) in [5.74, 6) is 1.11. The number of nitrogens with zero attached hydrogens (tertiary/aromatic N) is 1. The van der Waals surface area contributed by atoms with Gasteiger partial charge in [-0.05, 0) is 30.7 Å². The van der Waals surface area contributed by atoms with Gasteiger partial charge in [0.15, 0.2) is 0 Å². The molecule has 1 aromatic heterocycles. The molecule has 1 unspecified atom stereocenters. The van der Waals surface area contributed by atoms with E-state index in [0.717, 1.165) is 23.4 Å². The quantitative estimate of drug-likeness (QED) is 0.745. The standard InChI is InChI=1S/C18H16N2S/c1-2-7-14(8-3-1)19-18-15-12-13-6-4-5-9-16(13)20-17(15)10-11-21-18/h1-9,12,18-19H,10-11H2. The SMILES string of the molecule is c1ccc(NC2SCCc3nc4ccccc4cc32)cc1. The number of para-hydroxylation sites is 2. The molecule has 0 amide bonds. The fraction of sp³-hybridized carbons (Fsp3) is 0.167. The maximum Gasteiger partial charge on any atom is 0.0997 e. The maximum absolute atomic E-state index is 4.85. The molecule has 2 heterocycles. The largest absolute Gasteiger partial charge is 0.369 e. The van der Waals surface area contributed by atoms with Gasteiger partial charge in [0.2, 0.25) is 0 Å². The highest BCUT2D eigenvalue weighted by Gasteiger charge is 2.22. The average Bonchev–Trinajstić information content (AvgIpc) is 2.54. The molecule has 21 heavy (non-hydrogen) atoms. The van der Waals surface area contributed by atoms with Crippen LogP contribution >= 0.6 is 11.8 Å². The third kappa shape index (κ3) is 2.49. The van der Waals surface area contributed by atoms with Gasteiger partial charge in [-0.25, -0.2) is 0 Å². The van der Waals surface area contributed by atoms with Crippen LogP contribution in [-0.2, 0) is 6.42 Å². The Labute approximate surface area is 128 Å². The lowest BCUT2D eigenvalue weighted by Crippen LogP contribution is -2.16. The summed E-state index contributed by atoms with van der Waals surface area (Å²) in [6.45, 7) is 0. The fourth-order valence-corrected chi connectivity index (χ4v) is 3.92. The van der Waals surface area contributed by atoms with Crippen LogP contribution in [-0.4, -0.2) is 10.7 Å². The molecule has 4 rings (SSSR count). The Morgan fingerprint density at radius 3 is 2.71 bits per heavy atom. The number of thioether (sulfide) groups is 1. The number of nitrogens with one attached hydrogen (secondary N) is 1. The molecular formula is C18H16N2S. The van der Waals surface area contributed by atoms with Crippen molar-refractivity contribution in [3.63, 3.8) is 0 Å². The van der Waals surface area contributed by atoms with E-state index in [4.69, 9.17) is 4.98 Å². The van der Waals surface area contributed by atoms with Gasteiger partial charge in [0, 0.05) is 28.1 Å². The van der Waals surface area contributed by atoms with E-state index >= 15 is 0 Å². The first kappa shape index (κ1) is 12.7. The van der Waals surface area contributed by atoms with E-state index in [1.54, 1.807) is 0 Å². The number of benzene rings is 2. The minimum absolute atomic E-state index is 0.285. The van der Waals surface area contributed by atoms with Crippen LogP contribution in [0.5, 0.6) is 0 Å². The highest BCUT2D eigenvalue weighted by Crippen LogP contribution is 2.37. The van der Waals surface area contributed by atoms with Crippen molar-refractivity contribution in [2.45, 2.75) is 11.8 Å². The van der Waals surface area contributed by atoms with Crippen molar-refractivity contribution in [2.75, 3.05) is 11.1 Å². The number of rotatable bonds is 2. The van der Waals surface area contributed by atoms with Crippen molar-refractivity contribution in [3.8, 4) is 0 Å². The highest BCUT2D eigenvalue weighted by atomic mass is 32.2. The molecule has 1 N–H and O–H groups in total. The predicted octanol–water partition coefficient (Wildman–Crippen LogP) is 4.63. The lowest BCUT2D eigenvalue weighted by Gasteiger charge is -2.26. The van der Waals surface area contributed by atoms with Gasteiger partial charge in [0.25, 0.3) is 0 Å². The second-order valence-electron chi connectivity index (χ2n) is 5.23. The molecule has 1 atom stereocenters. The van der Waals surface area contributed by atoms with Crippen molar-refractivity contribution in [1.82, 2.24) is 4.98 Å². The van der Waals surface area contributed by atoms with Crippen LogP contribution in [0, 0.1) is 0 Å². The Hall–Kier alpha value is -2.00. The van der Waals surface area contributed by atoms with Gasteiger partial charge in [-0.15, -0.1) is 11.8 Å². The fourth-order valence-electron chi connectivity index (χ4n) is 2.77. The Bertz CT molecular complexity index is 771. The molecule has 0 radical (unpaired) electrons. The lowest BCUT2D eigenvalue weighted by molar-refractivity contribution is 0.948. The summed E-state index contributed by atoms with van der Waals surface area (Å²) >= 11 is 1.96. The van der Waals surface area contributed by atoms with E-state index in [-0.39, 0.29) is 5.37 Å².